The number of rotatable bonds is 5. The van der Waals surface area contributed by atoms with Crippen LogP contribution >= 0.6 is 0 Å². The van der Waals surface area contributed by atoms with Crippen molar-refractivity contribution in [2.45, 2.75) is 63.2 Å². The normalized spacial score (nSPS) is 17.5. The van der Waals surface area contributed by atoms with Gasteiger partial charge in [0.15, 0.2) is 0 Å². The zero-order valence-electron chi connectivity index (χ0n) is 38.2. The highest BCUT2D eigenvalue weighted by Gasteiger charge is 2.52. The van der Waals surface area contributed by atoms with Gasteiger partial charge in [-0.3, -0.25) is 0 Å². The van der Waals surface area contributed by atoms with Crippen molar-refractivity contribution in [2.24, 2.45) is 0 Å². The van der Waals surface area contributed by atoms with E-state index in [9.17, 15) is 0 Å². The van der Waals surface area contributed by atoms with Crippen LogP contribution in [-0.4, -0.2) is 0 Å². The molecule has 2 unspecified atom stereocenters. The van der Waals surface area contributed by atoms with Gasteiger partial charge >= 0.3 is 0 Å². The smallest absolute Gasteiger partial charge is 0.0725 e. The second kappa shape index (κ2) is 14.1. The molecule has 0 bridgehead atoms. The van der Waals surface area contributed by atoms with Gasteiger partial charge in [0, 0.05) is 17.1 Å². The molecule has 1 nitrogen and oxygen atoms in total. The van der Waals surface area contributed by atoms with Crippen LogP contribution in [0.1, 0.15) is 97.2 Å². The molecule has 2 atom stereocenters. The van der Waals surface area contributed by atoms with Crippen LogP contribution in [0.15, 0.2) is 212 Å². The molecule has 3 aliphatic carbocycles. The Hall–Kier alpha value is -7.22. The Morgan fingerprint density at radius 1 is 0.277 bits per heavy atom. The molecule has 0 N–H and O–H groups in total. The number of fused-ring (bicyclic) bond motifs is 13. The van der Waals surface area contributed by atoms with Crippen LogP contribution in [0.2, 0.25) is 0 Å². The van der Waals surface area contributed by atoms with E-state index in [4.69, 9.17) is 0 Å². The first-order valence-corrected chi connectivity index (χ1v) is 23.3. The van der Waals surface area contributed by atoms with Gasteiger partial charge in [0.25, 0.3) is 0 Å². The molecule has 9 aromatic carbocycles. The van der Waals surface area contributed by atoms with Crippen molar-refractivity contribution in [2.75, 3.05) is 4.90 Å². The molecule has 9 aromatic rings. The zero-order valence-corrected chi connectivity index (χ0v) is 38.2. The SMILES string of the molecule is CC(C)(C)c1ccc(C2(c3ccccc3)c3ccccc3-c3ccc(N(c4ccccc4)c4ccc5c(c4)-c4ccccc4C54c5ccccc5-c5ccc(C(C)(C)C)cc54)cc32)cc1. The Bertz CT molecular complexity index is 3330. The third-order valence-corrected chi connectivity index (χ3v) is 14.9. The molecular weight excluding hydrogens is 783 g/mol. The van der Waals surface area contributed by atoms with Crippen LogP contribution in [-0.2, 0) is 21.7 Å². The summed E-state index contributed by atoms with van der Waals surface area (Å²) in [5, 5.41) is 0. The van der Waals surface area contributed by atoms with Crippen LogP contribution in [0.5, 0.6) is 0 Å². The molecule has 0 heterocycles. The van der Waals surface area contributed by atoms with Gasteiger partial charge in [-0.05, 0) is 136 Å². The van der Waals surface area contributed by atoms with Gasteiger partial charge in [-0.1, -0.05) is 217 Å². The third-order valence-electron chi connectivity index (χ3n) is 14.9. The van der Waals surface area contributed by atoms with Gasteiger partial charge in [-0.15, -0.1) is 0 Å². The fraction of sp³-hybridized carbons (Fsp3) is 0.156. The lowest BCUT2D eigenvalue weighted by Crippen LogP contribution is -2.29. The predicted molar refractivity (Wildman–Crippen MR) is 272 cm³/mol. The number of benzene rings is 9. The maximum Gasteiger partial charge on any atom is 0.0725 e. The second-order valence-electron chi connectivity index (χ2n) is 20.5. The molecule has 0 aromatic heterocycles. The van der Waals surface area contributed by atoms with Crippen molar-refractivity contribution < 1.29 is 0 Å². The number of para-hydroxylation sites is 1. The summed E-state index contributed by atoms with van der Waals surface area (Å²) >= 11 is 0. The van der Waals surface area contributed by atoms with Gasteiger partial charge < -0.3 is 4.90 Å². The number of anilines is 3. The van der Waals surface area contributed by atoms with Crippen molar-refractivity contribution in [3.63, 3.8) is 0 Å². The monoisotopic (exact) mass is 835 g/mol. The van der Waals surface area contributed by atoms with E-state index in [1.54, 1.807) is 0 Å². The maximum atomic E-state index is 2.52. The lowest BCUT2D eigenvalue weighted by atomic mass is 9.67. The molecule has 1 spiro atoms. The Morgan fingerprint density at radius 2 is 0.692 bits per heavy atom. The first-order valence-electron chi connectivity index (χ1n) is 23.3. The van der Waals surface area contributed by atoms with Crippen molar-refractivity contribution in [3.8, 4) is 33.4 Å². The van der Waals surface area contributed by atoms with Crippen molar-refractivity contribution in [1.82, 2.24) is 0 Å². The van der Waals surface area contributed by atoms with E-state index in [0.717, 1.165) is 17.1 Å². The summed E-state index contributed by atoms with van der Waals surface area (Å²) in [6.07, 6.45) is 0. The van der Waals surface area contributed by atoms with Crippen LogP contribution < -0.4 is 4.90 Å². The van der Waals surface area contributed by atoms with Crippen LogP contribution in [0.25, 0.3) is 33.4 Å². The quantitative estimate of drug-likeness (QED) is 0.167. The topological polar surface area (TPSA) is 3.24 Å². The molecule has 0 aliphatic heterocycles. The predicted octanol–water partition coefficient (Wildman–Crippen LogP) is 16.5. The number of hydrogen-bond acceptors (Lipinski definition) is 1. The minimum atomic E-state index is -0.527. The average Bonchev–Trinajstić information content (AvgIpc) is 3.91. The summed E-state index contributed by atoms with van der Waals surface area (Å²) in [6, 6.07) is 80.7. The Kier molecular flexibility index (Phi) is 8.57. The summed E-state index contributed by atoms with van der Waals surface area (Å²) in [4.78, 5) is 2.48. The van der Waals surface area contributed by atoms with Crippen molar-refractivity contribution in [1.29, 1.82) is 0 Å². The summed E-state index contributed by atoms with van der Waals surface area (Å²) in [6.45, 7) is 13.9. The van der Waals surface area contributed by atoms with Gasteiger partial charge in [-0.2, -0.15) is 0 Å². The van der Waals surface area contributed by atoms with Gasteiger partial charge in [-0.25, -0.2) is 0 Å². The van der Waals surface area contributed by atoms with E-state index in [0.29, 0.717) is 0 Å². The highest BCUT2D eigenvalue weighted by atomic mass is 15.1. The molecule has 0 saturated heterocycles. The minimum absolute atomic E-state index is 0.0111. The van der Waals surface area contributed by atoms with Gasteiger partial charge in [0.05, 0.1) is 10.8 Å². The largest absolute Gasteiger partial charge is 0.310 e. The summed E-state index contributed by atoms with van der Waals surface area (Å²) in [7, 11) is 0. The standard InChI is InChI=1S/C64H53N/c1-61(2,3)42-29-31-44(32-30-42)63(43-19-9-7-10-20-43)55-26-16-13-23-49(55)53-37-34-48(41-60(53)63)65(46-21-11-8-12-22-46)47-35-38-58-54(40-47)51-25-15-18-28-57(51)64(58)56-27-17-14-24-50(56)52-36-33-45(39-59(52)64)62(4,5)6/h7-41H,1-6H3. The average molecular weight is 836 g/mol. The Morgan fingerprint density at radius 3 is 1.29 bits per heavy atom. The lowest BCUT2D eigenvalue weighted by molar-refractivity contribution is 0.588. The summed E-state index contributed by atoms with van der Waals surface area (Å²) in [5.41, 5.74) is 23.6. The maximum absolute atomic E-state index is 2.52. The van der Waals surface area contributed by atoms with E-state index in [-0.39, 0.29) is 10.8 Å². The van der Waals surface area contributed by atoms with E-state index in [1.165, 1.54) is 89.0 Å². The fourth-order valence-corrected chi connectivity index (χ4v) is 11.9. The summed E-state index contributed by atoms with van der Waals surface area (Å²) < 4.78 is 0. The Labute approximate surface area is 384 Å². The van der Waals surface area contributed by atoms with Crippen LogP contribution in [0, 0.1) is 0 Å². The highest BCUT2D eigenvalue weighted by Crippen LogP contribution is 2.64. The number of hydrogen-bond donors (Lipinski definition) is 0. The van der Waals surface area contributed by atoms with E-state index in [1.807, 2.05) is 0 Å². The first kappa shape index (κ1) is 39.4. The molecule has 314 valence electrons. The number of nitrogens with zero attached hydrogens (tertiary/aromatic N) is 1. The molecule has 12 rings (SSSR count). The van der Waals surface area contributed by atoms with Crippen molar-refractivity contribution >= 4 is 17.1 Å². The van der Waals surface area contributed by atoms with Crippen molar-refractivity contribution in [3.05, 3.63) is 268 Å². The van der Waals surface area contributed by atoms with E-state index < -0.39 is 10.8 Å². The third kappa shape index (κ3) is 5.58. The second-order valence-corrected chi connectivity index (χ2v) is 20.5. The van der Waals surface area contributed by atoms with Gasteiger partial charge in [0.2, 0.25) is 0 Å². The molecule has 1 heteroatoms. The molecule has 3 aliphatic rings. The summed E-state index contributed by atoms with van der Waals surface area (Å²) in [5.74, 6) is 0. The molecule has 0 radical (unpaired) electrons. The van der Waals surface area contributed by atoms with E-state index in [2.05, 4.69) is 259 Å². The molecular formula is C64H53N. The lowest BCUT2D eigenvalue weighted by Gasteiger charge is -2.35. The first-order chi connectivity index (χ1) is 31.5. The molecule has 0 fully saturated rings. The van der Waals surface area contributed by atoms with Crippen LogP contribution in [0.4, 0.5) is 17.1 Å². The minimum Gasteiger partial charge on any atom is -0.310 e. The van der Waals surface area contributed by atoms with E-state index >= 15 is 0 Å². The van der Waals surface area contributed by atoms with Crippen LogP contribution in [0.3, 0.4) is 0 Å². The molecule has 0 amide bonds. The van der Waals surface area contributed by atoms with Gasteiger partial charge in [0.1, 0.15) is 0 Å². The fourth-order valence-electron chi connectivity index (χ4n) is 11.9. The Balaban J connectivity index is 1.10. The molecule has 0 saturated carbocycles. The molecule has 65 heavy (non-hydrogen) atoms. The highest BCUT2D eigenvalue weighted by molar-refractivity contribution is 5.97. The zero-order chi connectivity index (χ0) is 44.3.